The van der Waals surface area contributed by atoms with Crippen LogP contribution in [0, 0.1) is 0 Å². The summed E-state index contributed by atoms with van der Waals surface area (Å²) in [7, 11) is 0. The molecule has 1 aromatic rings. The average Bonchev–Trinajstić information content (AvgIpc) is 2.26. The van der Waals surface area contributed by atoms with Gasteiger partial charge in [0.05, 0.1) is 10.0 Å². The Labute approximate surface area is 107 Å². The predicted octanol–water partition coefficient (Wildman–Crippen LogP) is 1.79. The Morgan fingerprint density at radius 2 is 2.18 bits per heavy atom. The lowest BCUT2D eigenvalue weighted by Gasteiger charge is -2.15. The minimum Gasteiger partial charge on any atom is -0.479 e. The van der Waals surface area contributed by atoms with Gasteiger partial charge in [0.2, 0.25) is 0 Å². The number of carboxylic acids is 1. The maximum Gasteiger partial charge on any atom is 0.335 e. The van der Waals surface area contributed by atoms with Crippen molar-refractivity contribution >= 4 is 27.8 Å². The van der Waals surface area contributed by atoms with E-state index in [2.05, 4.69) is 15.9 Å². The van der Waals surface area contributed by atoms with Crippen LogP contribution in [0.4, 0.5) is 0 Å². The molecule has 0 spiro atoms. The van der Waals surface area contributed by atoms with Gasteiger partial charge in [0.15, 0.2) is 6.10 Å². The van der Waals surface area contributed by atoms with E-state index in [0.717, 1.165) is 0 Å². The molecule has 1 rings (SSSR count). The third-order valence-corrected chi connectivity index (χ3v) is 2.76. The number of ether oxygens (including phenoxy) is 1. The molecular formula is C11H12BrNO4. The van der Waals surface area contributed by atoms with Gasteiger partial charge >= 0.3 is 5.97 Å². The van der Waals surface area contributed by atoms with Crippen LogP contribution in [0.5, 0.6) is 5.75 Å². The van der Waals surface area contributed by atoms with Crippen LogP contribution < -0.4 is 10.5 Å². The van der Waals surface area contributed by atoms with E-state index in [4.69, 9.17) is 15.6 Å². The summed E-state index contributed by atoms with van der Waals surface area (Å²) >= 11 is 3.18. The lowest BCUT2D eigenvalue weighted by molar-refractivity contribution is -0.124. The van der Waals surface area contributed by atoms with Crippen molar-refractivity contribution in [2.24, 2.45) is 5.73 Å². The first-order valence-electron chi connectivity index (χ1n) is 4.94. The molecule has 0 aliphatic rings. The number of nitrogens with two attached hydrogens (primary N) is 1. The van der Waals surface area contributed by atoms with Crippen molar-refractivity contribution in [2.75, 3.05) is 0 Å². The molecule has 0 saturated carbocycles. The largest absolute Gasteiger partial charge is 0.479 e. The van der Waals surface area contributed by atoms with Gasteiger partial charge in [-0.1, -0.05) is 6.92 Å². The van der Waals surface area contributed by atoms with Crippen LogP contribution in [-0.4, -0.2) is 23.1 Å². The summed E-state index contributed by atoms with van der Waals surface area (Å²) in [5.74, 6) is -1.19. The molecule has 17 heavy (non-hydrogen) atoms. The number of hydrogen-bond acceptors (Lipinski definition) is 3. The van der Waals surface area contributed by atoms with Gasteiger partial charge in [0.25, 0.3) is 5.91 Å². The third-order valence-electron chi connectivity index (χ3n) is 2.14. The molecule has 0 aliphatic heterocycles. The molecule has 6 heteroatoms. The normalized spacial score (nSPS) is 11.9. The van der Waals surface area contributed by atoms with E-state index in [0.29, 0.717) is 16.6 Å². The highest BCUT2D eigenvalue weighted by Crippen LogP contribution is 2.27. The number of carbonyl (C=O) groups excluding carboxylic acids is 1. The first-order valence-corrected chi connectivity index (χ1v) is 5.73. The first kappa shape index (κ1) is 13.5. The van der Waals surface area contributed by atoms with E-state index < -0.39 is 18.0 Å². The lowest BCUT2D eigenvalue weighted by Crippen LogP contribution is -2.33. The van der Waals surface area contributed by atoms with E-state index in [9.17, 15) is 9.59 Å². The van der Waals surface area contributed by atoms with Crippen molar-refractivity contribution in [1.82, 2.24) is 0 Å². The van der Waals surface area contributed by atoms with Crippen molar-refractivity contribution in [3.05, 3.63) is 28.2 Å². The Balaban J connectivity index is 2.93. The summed E-state index contributed by atoms with van der Waals surface area (Å²) in [6.45, 7) is 1.77. The van der Waals surface area contributed by atoms with Gasteiger partial charge < -0.3 is 15.6 Å². The number of halogens is 1. The molecule has 1 aromatic carbocycles. The van der Waals surface area contributed by atoms with Gasteiger partial charge in [-0.3, -0.25) is 4.79 Å². The fourth-order valence-electron chi connectivity index (χ4n) is 1.23. The average molecular weight is 302 g/mol. The van der Waals surface area contributed by atoms with Crippen molar-refractivity contribution in [2.45, 2.75) is 19.4 Å². The predicted molar refractivity (Wildman–Crippen MR) is 65.0 cm³/mol. The van der Waals surface area contributed by atoms with Gasteiger partial charge in [-0.15, -0.1) is 0 Å². The minimum atomic E-state index is -1.03. The van der Waals surface area contributed by atoms with E-state index in [1.165, 1.54) is 18.2 Å². The Bertz CT molecular complexity index is 447. The van der Waals surface area contributed by atoms with Gasteiger partial charge in [-0.05, 0) is 40.5 Å². The molecule has 0 bridgehead atoms. The van der Waals surface area contributed by atoms with Crippen LogP contribution >= 0.6 is 15.9 Å². The fraction of sp³-hybridized carbons (Fsp3) is 0.273. The third kappa shape index (κ3) is 3.45. The number of aromatic carboxylic acids is 1. The summed E-state index contributed by atoms with van der Waals surface area (Å²) in [6, 6.07) is 4.29. The monoisotopic (exact) mass is 301 g/mol. The summed E-state index contributed by atoms with van der Waals surface area (Å²) in [5, 5.41) is 8.78. The highest BCUT2D eigenvalue weighted by atomic mass is 79.9. The molecule has 1 unspecified atom stereocenters. The van der Waals surface area contributed by atoms with E-state index in [1.807, 2.05) is 0 Å². The number of primary amides is 1. The number of carboxylic acid groups (broad SMARTS) is 1. The molecule has 0 heterocycles. The maximum absolute atomic E-state index is 11.0. The standard InChI is InChI=1S/C11H12BrNO4/c1-2-8(10(13)14)17-9-4-3-6(11(15)16)5-7(9)12/h3-5,8H,2H2,1H3,(H2,13,14)(H,15,16). The van der Waals surface area contributed by atoms with Gasteiger partial charge in [-0.25, -0.2) is 4.79 Å². The summed E-state index contributed by atoms with van der Waals surface area (Å²) in [5.41, 5.74) is 5.29. The number of carbonyl (C=O) groups is 2. The molecule has 1 atom stereocenters. The van der Waals surface area contributed by atoms with Crippen LogP contribution in [0.25, 0.3) is 0 Å². The molecule has 3 N–H and O–H groups in total. The molecule has 1 amide bonds. The maximum atomic E-state index is 11.0. The Morgan fingerprint density at radius 1 is 1.53 bits per heavy atom. The lowest BCUT2D eigenvalue weighted by atomic mass is 10.2. The number of rotatable bonds is 5. The number of amides is 1. The van der Waals surface area contributed by atoms with Crippen LogP contribution in [-0.2, 0) is 4.79 Å². The molecule has 5 nitrogen and oxygen atoms in total. The molecular weight excluding hydrogens is 290 g/mol. The van der Waals surface area contributed by atoms with Crippen molar-refractivity contribution in [3.63, 3.8) is 0 Å². The SMILES string of the molecule is CCC(Oc1ccc(C(=O)O)cc1Br)C(N)=O. The van der Waals surface area contributed by atoms with Crippen molar-refractivity contribution in [1.29, 1.82) is 0 Å². The Hall–Kier alpha value is -1.56. The summed E-state index contributed by atoms with van der Waals surface area (Å²) in [4.78, 5) is 21.7. The van der Waals surface area contributed by atoms with Crippen LogP contribution in [0.15, 0.2) is 22.7 Å². The highest BCUT2D eigenvalue weighted by molar-refractivity contribution is 9.10. The minimum absolute atomic E-state index is 0.136. The highest BCUT2D eigenvalue weighted by Gasteiger charge is 2.16. The topological polar surface area (TPSA) is 89.6 Å². The van der Waals surface area contributed by atoms with Crippen LogP contribution in [0.1, 0.15) is 23.7 Å². The van der Waals surface area contributed by atoms with Gasteiger partial charge in [0, 0.05) is 0 Å². The van der Waals surface area contributed by atoms with Crippen molar-refractivity contribution < 1.29 is 19.4 Å². The molecule has 92 valence electrons. The van der Waals surface area contributed by atoms with Crippen LogP contribution in [0.3, 0.4) is 0 Å². The molecule has 0 radical (unpaired) electrons. The fourth-order valence-corrected chi connectivity index (χ4v) is 1.70. The zero-order chi connectivity index (χ0) is 13.0. The van der Waals surface area contributed by atoms with E-state index in [1.54, 1.807) is 6.92 Å². The summed E-state index contributed by atoms with van der Waals surface area (Å²) in [6.07, 6.45) is -0.274. The van der Waals surface area contributed by atoms with Gasteiger partial charge in [0.1, 0.15) is 5.75 Å². The molecule has 0 aromatic heterocycles. The molecule has 0 fully saturated rings. The zero-order valence-electron chi connectivity index (χ0n) is 9.14. The quantitative estimate of drug-likeness (QED) is 0.867. The second-order valence-corrected chi connectivity index (χ2v) is 4.22. The van der Waals surface area contributed by atoms with E-state index in [-0.39, 0.29) is 5.56 Å². The molecule has 0 aliphatic carbocycles. The second-order valence-electron chi connectivity index (χ2n) is 3.37. The van der Waals surface area contributed by atoms with E-state index >= 15 is 0 Å². The number of benzene rings is 1. The molecule has 0 saturated heterocycles. The Kier molecular flexibility index (Phi) is 4.51. The zero-order valence-corrected chi connectivity index (χ0v) is 10.7. The smallest absolute Gasteiger partial charge is 0.335 e. The van der Waals surface area contributed by atoms with Crippen molar-refractivity contribution in [3.8, 4) is 5.75 Å². The second kappa shape index (κ2) is 5.67. The van der Waals surface area contributed by atoms with Crippen LogP contribution in [0.2, 0.25) is 0 Å². The summed E-state index contributed by atoms with van der Waals surface area (Å²) < 4.78 is 5.85. The Morgan fingerprint density at radius 3 is 2.59 bits per heavy atom. The number of hydrogen-bond donors (Lipinski definition) is 2. The van der Waals surface area contributed by atoms with Gasteiger partial charge in [-0.2, -0.15) is 0 Å². The first-order chi connectivity index (χ1) is 7.95.